The summed E-state index contributed by atoms with van der Waals surface area (Å²) < 4.78 is 22.4. The number of allylic oxidation sites excluding steroid dienone is 4. The molecule has 2 saturated heterocycles. The van der Waals surface area contributed by atoms with Crippen LogP contribution in [0.25, 0.3) is 0 Å². The molecule has 2 unspecified atom stereocenters. The van der Waals surface area contributed by atoms with Crippen LogP contribution in [0.3, 0.4) is 0 Å². The second-order valence-electron chi connectivity index (χ2n) is 8.28. The summed E-state index contributed by atoms with van der Waals surface area (Å²) in [5.41, 5.74) is -0.596. The van der Waals surface area contributed by atoms with E-state index < -0.39 is 29.0 Å². The highest BCUT2D eigenvalue weighted by Gasteiger charge is 2.69. The Labute approximate surface area is 176 Å². The molecule has 30 heavy (non-hydrogen) atoms. The third-order valence-electron chi connectivity index (χ3n) is 6.19. The molecule has 0 aromatic carbocycles. The van der Waals surface area contributed by atoms with Crippen molar-refractivity contribution in [3.63, 3.8) is 0 Å². The summed E-state index contributed by atoms with van der Waals surface area (Å²) in [7, 11) is 1.45. The average molecular weight is 418 g/mol. The SMILES string of the molecule is COc1cc(=O)oc(C(O)/C=C/C=C/C=C(\C)[C@@H]2O[C@]3(C)C(O)[C@@]2(C)O[C@@H]3C)c1C. The summed E-state index contributed by atoms with van der Waals surface area (Å²) in [5, 5.41) is 20.9. The number of methoxy groups -OCH3 is 1. The van der Waals surface area contributed by atoms with Crippen LogP contribution in [0.5, 0.6) is 5.75 Å². The highest BCUT2D eigenvalue weighted by atomic mass is 16.7. The van der Waals surface area contributed by atoms with Gasteiger partial charge in [-0.25, -0.2) is 4.79 Å². The van der Waals surface area contributed by atoms with Gasteiger partial charge in [-0.1, -0.05) is 24.3 Å². The molecule has 0 amide bonds. The zero-order valence-electron chi connectivity index (χ0n) is 18.2. The minimum absolute atomic E-state index is 0.146. The van der Waals surface area contributed by atoms with Crippen molar-refractivity contribution in [1.29, 1.82) is 0 Å². The molecule has 164 valence electrons. The van der Waals surface area contributed by atoms with Gasteiger partial charge >= 0.3 is 5.63 Å². The van der Waals surface area contributed by atoms with Gasteiger partial charge in [-0.05, 0) is 46.3 Å². The Morgan fingerprint density at radius 2 is 1.93 bits per heavy atom. The average Bonchev–Trinajstić information content (AvgIpc) is 3.00. The minimum atomic E-state index is -1.08. The molecule has 2 N–H and O–H groups in total. The molecule has 0 radical (unpaired) electrons. The van der Waals surface area contributed by atoms with Gasteiger partial charge in [0.25, 0.3) is 0 Å². The predicted octanol–water partition coefficient (Wildman–Crippen LogP) is 2.74. The number of hydrogen-bond acceptors (Lipinski definition) is 7. The summed E-state index contributed by atoms with van der Waals surface area (Å²) in [6, 6.07) is 1.24. The first-order chi connectivity index (χ1) is 14.0. The van der Waals surface area contributed by atoms with Crippen LogP contribution < -0.4 is 10.4 Å². The lowest BCUT2D eigenvalue weighted by atomic mass is 9.86. The van der Waals surface area contributed by atoms with Gasteiger partial charge in [0, 0.05) is 5.56 Å². The van der Waals surface area contributed by atoms with E-state index in [2.05, 4.69) is 0 Å². The van der Waals surface area contributed by atoms with Crippen molar-refractivity contribution in [2.24, 2.45) is 0 Å². The number of fused-ring (bicyclic) bond motifs is 2. The van der Waals surface area contributed by atoms with Crippen molar-refractivity contribution >= 4 is 0 Å². The predicted molar refractivity (Wildman–Crippen MR) is 112 cm³/mol. The van der Waals surface area contributed by atoms with E-state index in [1.807, 2.05) is 39.8 Å². The van der Waals surface area contributed by atoms with E-state index >= 15 is 0 Å². The Kier molecular flexibility index (Phi) is 6.11. The first-order valence-corrected chi connectivity index (χ1v) is 9.96. The van der Waals surface area contributed by atoms with Crippen LogP contribution >= 0.6 is 0 Å². The molecule has 7 heteroatoms. The second kappa shape index (κ2) is 8.15. The van der Waals surface area contributed by atoms with Crippen molar-refractivity contribution in [2.75, 3.05) is 7.11 Å². The van der Waals surface area contributed by atoms with E-state index in [0.29, 0.717) is 11.3 Å². The van der Waals surface area contributed by atoms with Gasteiger partial charge in [-0.15, -0.1) is 0 Å². The lowest BCUT2D eigenvalue weighted by Gasteiger charge is -2.37. The smallest absolute Gasteiger partial charge is 0.339 e. The monoisotopic (exact) mass is 418 g/mol. The van der Waals surface area contributed by atoms with E-state index in [9.17, 15) is 15.0 Å². The lowest BCUT2D eigenvalue weighted by Crippen LogP contribution is -2.46. The maximum absolute atomic E-state index is 11.6. The van der Waals surface area contributed by atoms with Gasteiger partial charge in [0.15, 0.2) is 0 Å². The Morgan fingerprint density at radius 3 is 2.50 bits per heavy atom. The third-order valence-corrected chi connectivity index (χ3v) is 6.19. The van der Waals surface area contributed by atoms with E-state index in [-0.39, 0.29) is 18.0 Å². The molecule has 3 heterocycles. The van der Waals surface area contributed by atoms with E-state index in [1.54, 1.807) is 19.1 Å². The summed E-state index contributed by atoms with van der Waals surface area (Å²) in [4.78, 5) is 11.6. The molecule has 0 aliphatic carbocycles. The molecule has 3 rings (SSSR count). The maximum atomic E-state index is 11.6. The van der Waals surface area contributed by atoms with Crippen LogP contribution in [-0.4, -0.2) is 46.8 Å². The number of aliphatic hydroxyl groups excluding tert-OH is 2. The van der Waals surface area contributed by atoms with Crippen molar-refractivity contribution in [3.05, 3.63) is 63.8 Å². The first kappa shape index (κ1) is 22.5. The van der Waals surface area contributed by atoms with Crippen molar-refractivity contribution in [3.8, 4) is 5.75 Å². The zero-order chi connectivity index (χ0) is 22.3. The van der Waals surface area contributed by atoms with Crippen molar-refractivity contribution < 1.29 is 28.8 Å². The Balaban J connectivity index is 1.68. The van der Waals surface area contributed by atoms with Gasteiger partial charge in [-0.2, -0.15) is 0 Å². The van der Waals surface area contributed by atoms with E-state index in [1.165, 1.54) is 19.3 Å². The molecular weight excluding hydrogens is 388 g/mol. The Hall–Kier alpha value is -2.19. The van der Waals surface area contributed by atoms with Gasteiger partial charge in [0.1, 0.15) is 41.0 Å². The van der Waals surface area contributed by atoms with Crippen molar-refractivity contribution in [2.45, 2.75) is 70.2 Å². The first-order valence-electron chi connectivity index (χ1n) is 9.96. The molecule has 2 fully saturated rings. The normalized spacial score (nSPS) is 34.9. The number of ether oxygens (including phenoxy) is 3. The molecule has 2 aliphatic rings. The lowest BCUT2D eigenvalue weighted by molar-refractivity contribution is -0.191. The van der Waals surface area contributed by atoms with E-state index in [4.69, 9.17) is 18.6 Å². The topological polar surface area (TPSA) is 98.4 Å². The quantitative estimate of drug-likeness (QED) is 0.686. The Bertz CT molecular complexity index is 943. The number of aliphatic hydroxyl groups is 2. The maximum Gasteiger partial charge on any atom is 0.339 e. The molecule has 0 saturated carbocycles. The van der Waals surface area contributed by atoms with Gasteiger partial charge in [0.2, 0.25) is 0 Å². The fourth-order valence-electron chi connectivity index (χ4n) is 4.30. The highest BCUT2D eigenvalue weighted by molar-refractivity contribution is 5.35. The van der Waals surface area contributed by atoms with Crippen LogP contribution in [0.4, 0.5) is 0 Å². The van der Waals surface area contributed by atoms with Crippen LogP contribution in [0.15, 0.2) is 51.2 Å². The largest absolute Gasteiger partial charge is 0.496 e. The zero-order valence-corrected chi connectivity index (χ0v) is 18.2. The summed E-state index contributed by atoms with van der Waals surface area (Å²) in [6.45, 7) is 9.30. The molecule has 6 atom stereocenters. The van der Waals surface area contributed by atoms with Crippen LogP contribution in [-0.2, 0) is 9.47 Å². The molecule has 0 spiro atoms. The third kappa shape index (κ3) is 3.67. The fraction of sp³-hybridized carbons (Fsp3) is 0.522. The standard InChI is InChI=1S/C23H30O7/c1-13(20-23(5)21(26)22(4,30-20)15(3)29-23)10-8-7-9-11-16(24)19-14(2)17(27-6)12-18(25)28-19/h7-12,15-16,20-21,24,26H,1-6H3/b8-7+,11-9+,13-10+/t15-,16?,20+,21?,22+,23+/m1/s1. The van der Waals surface area contributed by atoms with Gasteiger partial charge in [-0.3, -0.25) is 0 Å². The Morgan fingerprint density at radius 1 is 1.23 bits per heavy atom. The number of hydrogen-bond donors (Lipinski definition) is 2. The molecule has 2 aliphatic heterocycles. The van der Waals surface area contributed by atoms with Gasteiger partial charge < -0.3 is 28.8 Å². The summed E-state index contributed by atoms with van der Waals surface area (Å²) in [6.07, 6.45) is 6.30. The molecule has 2 bridgehead atoms. The molecule has 7 nitrogen and oxygen atoms in total. The van der Waals surface area contributed by atoms with Crippen LogP contribution in [0, 0.1) is 6.92 Å². The fourth-order valence-corrected chi connectivity index (χ4v) is 4.30. The minimum Gasteiger partial charge on any atom is -0.496 e. The van der Waals surface area contributed by atoms with Crippen molar-refractivity contribution in [1.82, 2.24) is 0 Å². The highest BCUT2D eigenvalue weighted by Crippen LogP contribution is 2.52. The number of rotatable bonds is 6. The molecule has 1 aromatic heterocycles. The summed E-state index contributed by atoms with van der Waals surface area (Å²) in [5.74, 6) is 0.516. The van der Waals surface area contributed by atoms with Crippen LogP contribution in [0.2, 0.25) is 0 Å². The molecular formula is C23H30O7. The molecule has 1 aromatic rings. The van der Waals surface area contributed by atoms with Gasteiger partial charge in [0.05, 0.1) is 19.3 Å². The van der Waals surface area contributed by atoms with E-state index in [0.717, 1.165) is 5.57 Å². The summed E-state index contributed by atoms with van der Waals surface area (Å²) >= 11 is 0. The second-order valence-corrected chi connectivity index (χ2v) is 8.28. The van der Waals surface area contributed by atoms with Crippen LogP contribution in [0.1, 0.15) is 45.1 Å².